The summed E-state index contributed by atoms with van der Waals surface area (Å²) in [5.74, 6) is 2.33. The van der Waals surface area contributed by atoms with E-state index >= 15 is 0 Å². The summed E-state index contributed by atoms with van der Waals surface area (Å²) in [6.07, 6.45) is 0. The molecule has 1 rings (SSSR count). The highest BCUT2D eigenvalue weighted by atomic mass is 32.2. The fraction of sp³-hybridized carbons (Fsp3) is 0.400. The second-order valence-electron chi connectivity index (χ2n) is 3.61. The molecule has 0 fully saturated rings. The molecule has 0 saturated carbocycles. The molecule has 0 N–H and O–H groups in total. The van der Waals surface area contributed by atoms with Crippen molar-refractivity contribution in [2.75, 3.05) is 18.1 Å². The normalized spacial score (nSPS) is 10.1. The van der Waals surface area contributed by atoms with Crippen LogP contribution in [0.3, 0.4) is 0 Å². The first-order chi connectivity index (χ1) is 9.24. The van der Waals surface area contributed by atoms with Crippen molar-refractivity contribution in [1.29, 1.82) is 0 Å². The molecule has 1 aromatic rings. The number of hydrogen-bond acceptors (Lipinski definition) is 4. The van der Waals surface area contributed by atoms with Gasteiger partial charge in [0.15, 0.2) is 5.76 Å². The molecular formula is C15H20O2S2. The zero-order valence-electron chi connectivity index (χ0n) is 11.6. The molecule has 0 saturated heterocycles. The summed E-state index contributed by atoms with van der Waals surface area (Å²) in [5, 5.41) is 0. The summed E-state index contributed by atoms with van der Waals surface area (Å²) >= 11 is 3.34. The van der Waals surface area contributed by atoms with Crippen LogP contribution in [0.2, 0.25) is 0 Å². The molecule has 0 heterocycles. The van der Waals surface area contributed by atoms with E-state index in [-0.39, 0.29) is 5.78 Å². The first-order valence-electron chi connectivity index (χ1n) is 6.46. The second kappa shape index (κ2) is 9.10. The summed E-state index contributed by atoms with van der Waals surface area (Å²) < 4.78 is 6.60. The largest absolute Gasteiger partial charge is 0.488 e. The van der Waals surface area contributed by atoms with Crippen molar-refractivity contribution in [3.63, 3.8) is 0 Å². The van der Waals surface area contributed by atoms with Gasteiger partial charge in [0.05, 0.1) is 10.8 Å². The van der Waals surface area contributed by atoms with Crippen molar-refractivity contribution in [3.05, 3.63) is 45.9 Å². The minimum absolute atomic E-state index is 0.0284. The van der Waals surface area contributed by atoms with Crippen LogP contribution in [0.15, 0.2) is 40.3 Å². The van der Waals surface area contributed by atoms with Crippen LogP contribution in [0.1, 0.15) is 31.1 Å². The molecule has 0 amide bonds. The molecule has 104 valence electrons. The Morgan fingerprint density at radius 3 is 2.11 bits per heavy atom. The topological polar surface area (TPSA) is 26.3 Å². The number of Topliss-reactive ketones (excluding diaryl/α,β-unsaturated/α-hetero) is 1. The van der Waals surface area contributed by atoms with E-state index in [0.717, 1.165) is 15.7 Å². The number of carbonyl (C=O) groups excluding carboxylic acids is 1. The Hall–Kier alpha value is -0.870. The number of rotatable bonds is 8. The Bertz CT molecular complexity index is 419. The van der Waals surface area contributed by atoms with Gasteiger partial charge in [-0.05, 0) is 18.4 Å². The van der Waals surface area contributed by atoms with Crippen LogP contribution in [0.25, 0.3) is 0 Å². The summed E-state index contributed by atoms with van der Waals surface area (Å²) in [5.41, 5.74) is 0.678. The van der Waals surface area contributed by atoms with Gasteiger partial charge in [-0.25, -0.2) is 0 Å². The molecule has 0 aliphatic rings. The fourth-order valence-electron chi connectivity index (χ4n) is 1.52. The third-order valence-electron chi connectivity index (χ3n) is 2.27. The zero-order valence-corrected chi connectivity index (χ0v) is 13.3. The standard InChI is InChI=1S/C15H20O2S2/c1-4-17-14(15(18-5-2)19-6-3)13(16)12-10-8-7-9-11-12/h7-11H,4-6H2,1-3H3. The Morgan fingerprint density at radius 2 is 1.63 bits per heavy atom. The lowest BCUT2D eigenvalue weighted by atomic mass is 10.1. The highest BCUT2D eigenvalue weighted by Crippen LogP contribution is 2.33. The van der Waals surface area contributed by atoms with Crippen LogP contribution in [-0.4, -0.2) is 23.9 Å². The smallest absolute Gasteiger partial charge is 0.229 e. The van der Waals surface area contributed by atoms with Gasteiger partial charge in [0, 0.05) is 5.56 Å². The minimum Gasteiger partial charge on any atom is -0.488 e. The van der Waals surface area contributed by atoms with Crippen LogP contribution >= 0.6 is 23.5 Å². The summed E-state index contributed by atoms with van der Waals surface area (Å²) in [6.45, 7) is 6.57. The molecule has 0 atom stereocenters. The average molecular weight is 296 g/mol. The maximum Gasteiger partial charge on any atom is 0.229 e. The molecule has 0 aliphatic carbocycles. The lowest BCUT2D eigenvalue weighted by molar-refractivity contribution is 0.0927. The number of allylic oxidation sites excluding steroid dienone is 1. The number of ketones is 1. The van der Waals surface area contributed by atoms with Crippen LogP contribution in [0.4, 0.5) is 0 Å². The maximum absolute atomic E-state index is 12.5. The molecule has 0 unspecified atom stereocenters. The quantitative estimate of drug-likeness (QED) is 0.398. The fourth-order valence-corrected chi connectivity index (χ4v) is 3.65. The van der Waals surface area contributed by atoms with Crippen molar-refractivity contribution in [3.8, 4) is 0 Å². The van der Waals surface area contributed by atoms with Crippen molar-refractivity contribution < 1.29 is 9.53 Å². The Kier molecular flexibility index (Phi) is 7.75. The number of ether oxygens (including phenoxy) is 1. The van der Waals surface area contributed by atoms with Crippen LogP contribution in [0, 0.1) is 0 Å². The van der Waals surface area contributed by atoms with Crippen molar-refractivity contribution in [2.24, 2.45) is 0 Å². The molecule has 1 aromatic carbocycles. The van der Waals surface area contributed by atoms with E-state index in [4.69, 9.17) is 4.74 Å². The molecule has 0 spiro atoms. The summed E-state index contributed by atoms with van der Waals surface area (Å²) in [7, 11) is 0. The molecule has 19 heavy (non-hydrogen) atoms. The number of thioether (sulfide) groups is 2. The zero-order chi connectivity index (χ0) is 14.1. The van der Waals surface area contributed by atoms with Gasteiger partial charge >= 0.3 is 0 Å². The van der Waals surface area contributed by atoms with Crippen molar-refractivity contribution in [2.45, 2.75) is 20.8 Å². The van der Waals surface area contributed by atoms with Gasteiger partial charge in [-0.3, -0.25) is 4.79 Å². The highest BCUT2D eigenvalue weighted by molar-refractivity contribution is 8.22. The number of benzene rings is 1. The van der Waals surface area contributed by atoms with Crippen molar-refractivity contribution in [1.82, 2.24) is 0 Å². The average Bonchev–Trinajstić information content (AvgIpc) is 2.45. The highest BCUT2D eigenvalue weighted by Gasteiger charge is 2.19. The molecule has 0 aliphatic heterocycles. The molecule has 0 aromatic heterocycles. The number of hydrogen-bond donors (Lipinski definition) is 0. The lowest BCUT2D eigenvalue weighted by Gasteiger charge is -2.13. The van der Waals surface area contributed by atoms with Crippen LogP contribution in [-0.2, 0) is 4.74 Å². The SMILES string of the molecule is CCOC(C(=O)c1ccccc1)=C(SCC)SCC. The van der Waals surface area contributed by atoms with Crippen LogP contribution in [0.5, 0.6) is 0 Å². The van der Waals surface area contributed by atoms with Crippen LogP contribution < -0.4 is 0 Å². The van der Waals surface area contributed by atoms with Gasteiger partial charge in [-0.2, -0.15) is 0 Å². The predicted octanol–water partition coefficient (Wildman–Crippen LogP) is 4.58. The van der Waals surface area contributed by atoms with Gasteiger partial charge in [0.25, 0.3) is 0 Å². The van der Waals surface area contributed by atoms with Gasteiger partial charge in [-0.15, -0.1) is 23.5 Å². The molecule has 0 bridgehead atoms. The van der Waals surface area contributed by atoms with E-state index in [1.807, 2.05) is 37.3 Å². The van der Waals surface area contributed by atoms with E-state index in [1.165, 1.54) is 0 Å². The van der Waals surface area contributed by atoms with E-state index in [1.54, 1.807) is 23.5 Å². The Morgan fingerprint density at radius 1 is 1.05 bits per heavy atom. The predicted molar refractivity (Wildman–Crippen MR) is 85.7 cm³/mol. The van der Waals surface area contributed by atoms with Gasteiger partial charge in [0.1, 0.15) is 0 Å². The summed E-state index contributed by atoms with van der Waals surface area (Å²) in [4.78, 5) is 12.5. The second-order valence-corrected chi connectivity index (χ2v) is 6.42. The molecule has 4 heteroatoms. The molecular weight excluding hydrogens is 276 g/mol. The van der Waals surface area contributed by atoms with E-state index in [0.29, 0.717) is 17.9 Å². The summed E-state index contributed by atoms with van der Waals surface area (Å²) in [6, 6.07) is 9.30. The van der Waals surface area contributed by atoms with Gasteiger partial charge in [0.2, 0.25) is 5.78 Å². The minimum atomic E-state index is -0.0284. The molecule has 0 radical (unpaired) electrons. The number of carbonyl (C=O) groups is 1. The Labute approximate surface area is 124 Å². The lowest BCUT2D eigenvalue weighted by Crippen LogP contribution is -2.09. The van der Waals surface area contributed by atoms with Gasteiger partial charge < -0.3 is 4.74 Å². The van der Waals surface area contributed by atoms with E-state index in [2.05, 4.69) is 13.8 Å². The van der Waals surface area contributed by atoms with Crippen molar-refractivity contribution >= 4 is 29.3 Å². The maximum atomic E-state index is 12.5. The van der Waals surface area contributed by atoms with E-state index < -0.39 is 0 Å². The third kappa shape index (κ3) is 4.96. The third-order valence-corrected chi connectivity index (χ3v) is 4.45. The first kappa shape index (κ1) is 16.2. The van der Waals surface area contributed by atoms with Gasteiger partial charge in [-0.1, -0.05) is 44.2 Å². The Balaban J connectivity index is 3.10. The van der Waals surface area contributed by atoms with E-state index in [9.17, 15) is 4.79 Å². The molecule has 2 nitrogen and oxygen atoms in total. The first-order valence-corrected chi connectivity index (χ1v) is 8.44. The monoisotopic (exact) mass is 296 g/mol.